The maximum absolute atomic E-state index is 13.1. The van der Waals surface area contributed by atoms with E-state index in [0.29, 0.717) is 48.6 Å². The van der Waals surface area contributed by atoms with Gasteiger partial charge in [0.05, 0.1) is 23.1 Å². The molecule has 11 heteroatoms. The van der Waals surface area contributed by atoms with Crippen molar-refractivity contribution >= 4 is 46.1 Å². The van der Waals surface area contributed by atoms with Gasteiger partial charge in [0.25, 0.3) is 5.91 Å². The van der Waals surface area contributed by atoms with Gasteiger partial charge < -0.3 is 4.90 Å². The molecule has 3 aromatic heterocycles. The van der Waals surface area contributed by atoms with Crippen molar-refractivity contribution in [2.24, 2.45) is 4.99 Å². The summed E-state index contributed by atoms with van der Waals surface area (Å²) in [7, 11) is 0. The summed E-state index contributed by atoms with van der Waals surface area (Å²) in [5.41, 5.74) is 8.00. The number of amides is 1. The van der Waals surface area contributed by atoms with Crippen molar-refractivity contribution in [1.29, 1.82) is 0 Å². The third-order valence-electron chi connectivity index (χ3n) is 9.89. The van der Waals surface area contributed by atoms with Crippen molar-refractivity contribution in [2.45, 2.75) is 71.5 Å². The second-order valence-corrected chi connectivity index (χ2v) is 14.8. The molecule has 8 rings (SSSR count). The summed E-state index contributed by atoms with van der Waals surface area (Å²) < 4.78 is 2.08. The number of fused-ring (bicyclic) bond motifs is 4. The van der Waals surface area contributed by atoms with Crippen LogP contribution in [0.5, 0.6) is 0 Å². The zero-order valence-electron chi connectivity index (χ0n) is 29.2. The van der Waals surface area contributed by atoms with Crippen LogP contribution in [0.3, 0.4) is 0 Å². The van der Waals surface area contributed by atoms with Gasteiger partial charge in [0.15, 0.2) is 11.6 Å². The minimum Gasteiger partial charge on any atom is -0.324 e. The number of carbonyl (C=O) groups is 3. The number of hydrogen-bond acceptors (Lipinski definition) is 8. The van der Waals surface area contributed by atoms with Gasteiger partial charge in [-0.3, -0.25) is 23.9 Å². The summed E-state index contributed by atoms with van der Waals surface area (Å²) in [5.74, 6) is 14.4. The first-order valence-electron chi connectivity index (χ1n) is 17.5. The van der Waals surface area contributed by atoms with Gasteiger partial charge in [0, 0.05) is 52.9 Å². The first-order chi connectivity index (χ1) is 25.7. The Morgan fingerprint density at radius 3 is 2.62 bits per heavy atom. The highest BCUT2D eigenvalue weighted by molar-refractivity contribution is 7.15. The van der Waals surface area contributed by atoms with Gasteiger partial charge in [-0.25, -0.2) is 4.98 Å². The molecule has 262 valence electrons. The molecule has 3 aliphatic rings. The van der Waals surface area contributed by atoms with Crippen LogP contribution in [0, 0.1) is 37.5 Å². The maximum atomic E-state index is 13.1. The van der Waals surface area contributed by atoms with Crippen LogP contribution in [0.2, 0.25) is 5.02 Å². The van der Waals surface area contributed by atoms with Crippen LogP contribution in [0.15, 0.2) is 65.8 Å². The highest BCUT2D eigenvalue weighted by Gasteiger charge is 2.39. The van der Waals surface area contributed by atoms with E-state index in [4.69, 9.17) is 16.6 Å². The quantitative estimate of drug-likeness (QED) is 0.112. The van der Waals surface area contributed by atoms with Crippen molar-refractivity contribution in [2.75, 3.05) is 0 Å². The summed E-state index contributed by atoms with van der Waals surface area (Å²) in [6.07, 6.45) is 4.87. The molecule has 1 atom stereocenters. The van der Waals surface area contributed by atoms with E-state index in [1.54, 1.807) is 22.3 Å². The topological polar surface area (TPSA) is 110 Å². The number of ketones is 2. The van der Waals surface area contributed by atoms with Crippen LogP contribution in [0.4, 0.5) is 0 Å². The first kappa shape index (κ1) is 34.4. The van der Waals surface area contributed by atoms with Gasteiger partial charge in [-0.05, 0) is 92.0 Å². The molecule has 5 aromatic rings. The van der Waals surface area contributed by atoms with Gasteiger partial charge in [-0.2, -0.15) is 0 Å². The van der Waals surface area contributed by atoms with Gasteiger partial charge >= 0.3 is 0 Å². The Hall–Kier alpha value is -5.68. The van der Waals surface area contributed by atoms with E-state index in [1.807, 2.05) is 55.6 Å². The minimum absolute atomic E-state index is 0.0515. The van der Waals surface area contributed by atoms with Crippen LogP contribution < -0.4 is 0 Å². The number of aromatic nitrogens is 4. The monoisotopic (exact) mass is 736 g/mol. The van der Waals surface area contributed by atoms with E-state index < -0.39 is 6.04 Å². The number of carbonyl (C=O) groups excluding carboxylic acids is 3. The Morgan fingerprint density at radius 2 is 1.83 bits per heavy atom. The zero-order chi connectivity index (χ0) is 36.6. The number of benzene rings is 2. The number of hydrogen-bond donors (Lipinski definition) is 0. The number of thiophene rings is 1. The minimum atomic E-state index is -0.536. The van der Waals surface area contributed by atoms with Gasteiger partial charge in [0.2, 0.25) is 0 Å². The summed E-state index contributed by atoms with van der Waals surface area (Å²) in [5, 5.41) is 10.4. The van der Waals surface area contributed by atoms with Crippen LogP contribution >= 0.6 is 22.9 Å². The molecule has 0 N–H and O–H groups in total. The lowest BCUT2D eigenvalue weighted by molar-refractivity contribution is -0.133. The highest BCUT2D eigenvalue weighted by Crippen LogP contribution is 2.37. The molecule has 0 radical (unpaired) electrons. The van der Waals surface area contributed by atoms with E-state index in [-0.39, 0.29) is 23.9 Å². The number of aryl methyl sites for hydroxylation is 2. The number of pyridine rings is 1. The average molecular weight is 737 g/mol. The average Bonchev–Trinajstić information content (AvgIpc) is 3.76. The Morgan fingerprint density at radius 1 is 0.981 bits per heavy atom. The van der Waals surface area contributed by atoms with E-state index in [1.165, 1.54) is 0 Å². The lowest BCUT2D eigenvalue weighted by Crippen LogP contribution is -2.44. The Kier molecular flexibility index (Phi) is 9.34. The molecular weight excluding hydrogens is 704 g/mol. The fourth-order valence-electron chi connectivity index (χ4n) is 7.12. The van der Waals surface area contributed by atoms with E-state index in [9.17, 15) is 14.4 Å². The molecule has 1 fully saturated rings. The molecule has 9 nitrogen and oxygen atoms in total. The van der Waals surface area contributed by atoms with Crippen molar-refractivity contribution in [3.63, 3.8) is 0 Å². The van der Waals surface area contributed by atoms with Gasteiger partial charge in [-0.15, -0.1) is 21.5 Å². The number of Topliss-reactive ketones (excluding diaryl/α,β-unsaturated/α-hetero) is 2. The molecule has 5 heterocycles. The van der Waals surface area contributed by atoms with E-state index >= 15 is 0 Å². The second-order valence-electron chi connectivity index (χ2n) is 13.4. The molecule has 53 heavy (non-hydrogen) atoms. The van der Waals surface area contributed by atoms with Crippen LogP contribution in [-0.2, 0) is 29.1 Å². The zero-order valence-corrected chi connectivity index (χ0v) is 30.8. The van der Waals surface area contributed by atoms with Crippen molar-refractivity contribution in [3.05, 3.63) is 127 Å². The first-order valence-corrected chi connectivity index (χ1v) is 18.7. The summed E-state index contributed by atoms with van der Waals surface area (Å²) in [6.45, 7) is 4.80. The molecule has 2 aromatic carbocycles. The normalized spacial score (nSPS) is 16.1. The Bertz CT molecular complexity index is 2470. The Labute approximate surface area is 316 Å². The van der Waals surface area contributed by atoms with Crippen molar-refractivity contribution in [3.8, 4) is 28.7 Å². The summed E-state index contributed by atoms with van der Waals surface area (Å²) in [4.78, 5) is 49.5. The SMILES string of the molecule is Cc1c(C#Cc2ccc(CCCC#Cc3cccc4c3CN(C3CCC(=O)CC3=O)C4=O)cn2)sc2c1C(c1ccc(Cl)cc1)=NCc1nnc(C)n1-2. The molecule has 1 amide bonds. The smallest absolute Gasteiger partial charge is 0.255 e. The van der Waals surface area contributed by atoms with Crippen molar-refractivity contribution in [1.82, 2.24) is 24.6 Å². The summed E-state index contributed by atoms with van der Waals surface area (Å²) >= 11 is 7.80. The third kappa shape index (κ3) is 6.72. The number of rotatable bonds is 5. The molecule has 1 aliphatic carbocycles. The predicted octanol–water partition coefficient (Wildman–Crippen LogP) is 6.77. The predicted molar refractivity (Wildman–Crippen MR) is 204 cm³/mol. The number of halogens is 1. The number of aliphatic imine (C=N–C) groups is 1. The maximum Gasteiger partial charge on any atom is 0.255 e. The fourth-order valence-corrected chi connectivity index (χ4v) is 8.47. The number of unbranched alkanes of at least 4 members (excludes halogenated alkanes) is 1. The molecular formula is C42H33ClN6O3S. The van der Waals surface area contributed by atoms with Crippen LogP contribution in [-0.4, -0.2) is 53.9 Å². The van der Waals surface area contributed by atoms with Crippen LogP contribution in [0.25, 0.3) is 5.00 Å². The lowest BCUT2D eigenvalue weighted by Gasteiger charge is -2.29. The summed E-state index contributed by atoms with van der Waals surface area (Å²) in [6, 6.07) is 16.8. The molecule has 0 bridgehead atoms. The van der Waals surface area contributed by atoms with Gasteiger partial charge in [-0.1, -0.05) is 47.7 Å². The van der Waals surface area contributed by atoms with E-state index in [0.717, 1.165) is 73.5 Å². The molecule has 0 saturated heterocycles. The Balaban J connectivity index is 0.928. The molecule has 1 unspecified atom stereocenters. The standard InChI is InChI=1S/C42H33ClN6O3S/c1-25-37(53-42-39(25)40(29-12-14-30(43)15-13-29)45-23-38-47-46-26(2)49(38)42)20-17-31-16-11-27(22-44-31)7-4-3-5-8-28-9-6-10-33-34(28)24-48(41(33)52)35-19-18-32(50)21-36(35)51/h6,9-16,22,35H,3-4,7,18-19,21,23-24H2,1-2H3. The van der Waals surface area contributed by atoms with E-state index in [2.05, 4.69) is 56.4 Å². The molecule has 0 spiro atoms. The second kappa shape index (κ2) is 14.4. The fraction of sp³-hybridized carbons (Fsp3) is 0.262. The van der Waals surface area contributed by atoms with Crippen molar-refractivity contribution < 1.29 is 14.4 Å². The largest absolute Gasteiger partial charge is 0.324 e. The van der Waals surface area contributed by atoms with Gasteiger partial charge in [0.1, 0.15) is 28.8 Å². The molecule has 1 saturated carbocycles. The number of nitrogens with zero attached hydrogens (tertiary/aromatic N) is 6. The third-order valence-corrected chi connectivity index (χ3v) is 11.3. The van der Waals surface area contributed by atoms with Crippen LogP contribution in [0.1, 0.15) is 98.1 Å². The molecule has 2 aliphatic heterocycles. The highest BCUT2D eigenvalue weighted by atomic mass is 35.5. The lowest BCUT2D eigenvalue weighted by atomic mass is 9.92.